The molecule has 0 saturated carbocycles. The molecule has 0 aliphatic rings. The van der Waals surface area contributed by atoms with Gasteiger partial charge in [-0.2, -0.15) is 0 Å². The summed E-state index contributed by atoms with van der Waals surface area (Å²) in [5.41, 5.74) is 12.3. The van der Waals surface area contributed by atoms with E-state index in [0.29, 0.717) is 23.6 Å². The van der Waals surface area contributed by atoms with Gasteiger partial charge in [0.05, 0.1) is 5.02 Å². The second kappa shape index (κ2) is 6.28. The number of hydrogen-bond acceptors (Lipinski definition) is 2. The first-order chi connectivity index (χ1) is 6.57. The monoisotopic (exact) mass is 252 g/mol. The molecular weight excluding hydrogens is 238 g/mol. The van der Waals surface area contributed by atoms with Crippen LogP contribution in [0.2, 0.25) is 5.02 Å². The molecular formula is C10H15Cl2FN2. The van der Waals surface area contributed by atoms with E-state index in [1.807, 2.05) is 6.92 Å². The second-order valence-electron chi connectivity index (χ2n) is 3.28. The van der Waals surface area contributed by atoms with Gasteiger partial charge in [0.15, 0.2) is 0 Å². The summed E-state index contributed by atoms with van der Waals surface area (Å²) < 4.78 is 13.4. The molecule has 0 unspecified atom stereocenters. The van der Waals surface area contributed by atoms with Crippen molar-refractivity contribution >= 4 is 24.0 Å². The third-order valence-corrected chi connectivity index (χ3v) is 2.67. The van der Waals surface area contributed by atoms with Crippen LogP contribution in [0.4, 0.5) is 4.39 Å². The van der Waals surface area contributed by atoms with Gasteiger partial charge in [0, 0.05) is 11.6 Å². The molecule has 0 aliphatic carbocycles. The van der Waals surface area contributed by atoms with Crippen LogP contribution in [0.1, 0.15) is 23.6 Å². The Labute approximate surface area is 100 Å². The first kappa shape index (κ1) is 14.6. The van der Waals surface area contributed by atoms with Gasteiger partial charge in [0.2, 0.25) is 0 Å². The summed E-state index contributed by atoms with van der Waals surface area (Å²) in [6.45, 7) is 2.24. The predicted octanol–water partition coefficient (Wildman–Crippen LogP) is 2.56. The second-order valence-corrected chi connectivity index (χ2v) is 3.65. The fourth-order valence-electron chi connectivity index (χ4n) is 1.34. The van der Waals surface area contributed by atoms with E-state index < -0.39 is 6.04 Å². The highest BCUT2D eigenvalue weighted by Gasteiger charge is 2.15. The maximum absolute atomic E-state index is 13.4. The van der Waals surface area contributed by atoms with Gasteiger partial charge in [-0.15, -0.1) is 12.4 Å². The SMILES string of the molecule is Cc1ccc(F)c([C@@H](N)CCN)c1Cl.Cl. The van der Waals surface area contributed by atoms with Crippen LogP contribution in [0.25, 0.3) is 0 Å². The van der Waals surface area contributed by atoms with Crippen molar-refractivity contribution in [1.29, 1.82) is 0 Å². The third kappa shape index (κ3) is 3.31. The van der Waals surface area contributed by atoms with Crippen molar-refractivity contribution < 1.29 is 4.39 Å². The molecule has 0 radical (unpaired) electrons. The van der Waals surface area contributed by atoms with E-state index >= 15 is 0 Å². The molecule has 0 fully saturated rings. The maximum atomic E-state index is 13.4. The fraction of sp³-hybridized carbons (Fsp3) is 0.400. The van der Waals surface area contributed by atoms with Crippen LogP contribution >= 0.6 is 24.0 Å². The Bertz CT molecular complexity index is 331. The topological polar surface area (TPSA) is 52.0 Å². The zero-order valence-electron chi connectivity index (χ0n) is 8.47. The van der Waals surface area contributed by atoms with Gasteiger partial charge < -0.3 is 11.5 Å². The quantitative estimate of drug-likeness (QED) is 0.869. The van der Waals surface area contributed by atoms with Crippen molar-refractivity contribution in [2.75, 3.05) is 6.54 Å². The average molecular weight is 253 g/mol. The molecule has 1 aromatic rings. The minimum absolute atomic E-state index is 0. The summed E-state index contributed by atoms with van der Waals surface area (Å²) in [7, 11) is 0. The van der Waals surface area contributed by atoms with Crippen molar-refractivity contribution in [2.45, 2.75) is 19.4 Å². The Hall–Kier alpha value is -0.350. The number of benzene rings is 1. The molecule has 1 rings (SSSR count). The molecule has 15 heavy (non-hydrogen) atoms. The van der Waals surface area contributed by atoms with Crippen LogP contribution in [-0.2, 0) is 0 Å². The summed E-state index contributed by atoms with van der Waals surface area (Å²) in [6.07, 6.45) is 0.528. The van der Waals surface area contributed by atoms with Crippen LogP contribution in [0, 0.1) is 12.7 Å². The lowest BCUT2D eigenvalue weighted by Crippen LogP contribution is -2.17. The Morgan fingerprint density at radius 2 is 2.07 bits per heavy atom. The van der Waals surface area contributed by atoms with Crippen LogP contribution in [0.5, 0.6) is 0 Å². The summed E-state index contributed by atoms with van der Waals surface area (Å²) in [5, 5.41) is 0.408. The van der Waals surface area contributed by atoms with Gasteiger partial charge in [-0.25, -0.2) is 4.39 Å². The number of hydrogen-bond donors (Lipinski definition) is 2. The first-order valence-electron chi connectivity index (χ1n) is 4.48. The van der Waals surface area contributed by atoms with Gasteiger partial charge in [0.1, 0.15) is 5.82 Å². The van der Waals surface area contributed by atoms with E-state index in [-0.39, 0.29) is 18.2 Å². The van der Waals surface area contributed by atoms with Gasteiger partial charge >= 0.3 is 0 Å². The first-order valence-corrected chi connectivity index (χ1v) is 4.86. The molecule has 0 aliphatic heterocycles. The minimum Gasteiger partial charge on any atom is -0.330 e. The Morgan fingerprint density at radius 1 is 1.47 bits per heavy atom. The summed E-state index contributed by atoms with van der Waals surface area (Å²) in [4.78, 5) is 0. The van der Waals surface area contributed by atoms with Crippen LogP contribution in [0.3, 0.4) is 0 Å². The number of aryl methyl sites for hydroxylation is 1. The summed E-state index contributed by atoms with van der Waals surface area (Å²) in [5.74, 6) is -0.360. The number of rotatable bonds is 3. The lowest BCUT2D eigenvalue weighted by Gasteiger charge is -2.14. The van der Waals surface area contributed by atoms with Crippen LogP contribution < -0.4 is 11.5 Å². The van der Waals surface area contributed by atoms with Gasteiger partial charge in [0.25, 0.3) is 0 Å². The van der Waals surface area contributed by atoms with E-state index in [1.54, 1.807) is 6.07 Å². The minimum atomic E-state index is -0.424. The third-order valence-electron chi connectivity index (χ3n) is 2.17. The molecule has 2 nitrogen and oxygen atoms in total. The van der Waals surface area contributed by atoms with E-state index in [2.05, 4.69) is 0 Å². The zero-order chi connectivity index (χ0) is 10.7. The normalized spacial score (nSPS) is 12.1. The molecule has 0 spiro atoms. The largest absolute Gasteiger partial charge is 0.330 e. The highest BCUT2D eigenvalue weighted by Crippen LogP contribution is 2.28. The Balaban J connectivity index is 0.00000196. The lowest BCUT2D eigenvalue weighted by molar-refractivity contribution is 0.567. The predicted molar refractivity (Wildman–Crippen MR) is 64.0 cm³/mol. The molecule has 5 heteroatoms. The van der Waals surface area contributed by atoms with Crippen molar-refractivity contribution in [2.24, 2.45) is 11.5 Å². The van der Waals surface area contributed by atoms with Crippen LogP contribution in [0.15, 0.2) is 12.1 Å². The van der Waals surface area contributed by atoms with E-state index in [9.17, 15) is 4.39 Å². The molecule has 0 bridgehead atoms. The number of halogens is 3. The van der Waals surface area contributed by atoms with Crippen molar-refractivity contribution in [3.05, 3.63) is 34.1 Å². The summed E-state index contributed by atoms with van der Waals surface area (Å²) in [6, 6.07) is 2.59. The molecule has 4 N–H and O–H groups in total. The molecule has 1 atom stereocenters. The maximum Gasteiger partial charge on any atom is 0.129 e. The van der Waals surface area contributed by atoms with Gasteiger partial charge in [-0.05, 0) is 31.5 Å². The lowest BCUT2D eigenvalue weighted by atomic mass is 10.0. The highest BCUT2D eigenvalue weighted by molar-refractivity contribution is 6.32. The van der Waals surface area contributed by atoms with Crippen molar-refractivity contribution in [3.8, 4) is 0 Å². The summed E-state index contributed by atoms with van der Waals surface area (Å²) >= 11 is 5.97. The Morgan fingerprint density at radius 3 is 2.60 bits per heavy atom. The highest BCUT2D eigenvalue weighted by atomic mass is 35.5. The number of nitrogens with two attached hydrogens (primary N) is 2. The molecule has 0 amide bonds. The van der Waals surface area contributed by atoms with Crippen molar-refractivity contribution in [1.82, 2.24) is 0 Å². The molecule has 0 aromatic heterocycles. The smallest absolute Gasteiger partial charge is 0.129 e. The fourth-order valence-corrected chi connectivity index (χ4v) is 1.64. The zero-order valence-corrected chi connectivity index (χ0v) is 10.0. The molecule has 86 valence electrons. The van der Waals surface area contributed by atoms with E-state index in [4.69, 9.17) is 23.1 Å². The van der Waals surface area contributed by atoms with E-state index in [1.165, 1.54) is 6.07 Å². The Kier molecular flexibility index (Phi) is 6.13. The van der Waals surface area contributed by atoms with Crippen molar-refractivity contribution in [3.63, 3.8) is 0 Å². The van der Waals surface area contributed by atoms with Gasteiger partial charge in [-0.3, -0.25) is 0 Å². The average Bonchev–Trinajstić information content (AvgIpc) is 2.13. The van der Waals surface area contributed by atoms with Crippen LogP contribution in [-0.4, -0.2) is 6.54 Å². The van der Waals surface area contributed by atoms with E-state index in [0.717, 1.165) is 5.56 Å². The molecule has 1 aromatic carbocycles. The standard InChI is InChI=1S/C10H14ClFN2.ClH/c1-6-2-3-7(12)9(10(6)11)8(14)4-5-13;/h2-3,8H,4-5,13-14H2,1H3;1H/t8-;/m0./s1. The van der Waals surface area contributed by atoms with Gasteiger partial charge in [-0.1, -0.05) is 17.7 Å². The molecule has 0 saturated heterocycles. The molecule has 0 heterocycles.